The van der Waals surface area contributed by atoms with Crippen LogP contribution in [0.3, 0.4) is 0 Å². The molecule has 0 aromatic heterocycles. The number of fused-ring (bicyclic) bond motifs is 1. The molecule has 1 aliphatic rings. The number of nitrogens with zero attached hydrogens (tertiary/aromatic N) is 1. The lowest BCUT2D eigenvalue weighted by Gasteiger charge is -2.07. The standard InChI is InChI=1S/C19H17NO4/c1-11(2)14-7-6-12(9-17(14)20(23)24)8-13-10-16-15(19(13)22)4-3-5-18(16)21/h3-9,11,21H,10H2,1-2H3. The topological polar surface area (TPSA) is 80.4 Å². The number of aromatic hydroxyl groups is 1. The van der Waals surface area contributed by atoms with Crippen molar-refractivity contribution in [2.75, 3.05) is 0 Å². The fraction of sp³-hybridized carbons (Fsp3) is 0.211. The van der Waals surface area contributed by atoms with Gasteiger partial charge in [0.25, 0.3) is 5.69 Å². The summed E-state index contributed by atoms with van der Waals surface area (Å²) < 4.78 is 0. The molecule has 1 N–H and O–H groups in total. The summed E-state index contributed by atoms with van der Waals surface area (Å²) in [7, 11) is 0. The van der Waals surface area contributed by atoms with Crippen LogP contribution in [-0.4, -0.2) is 15.8 Å². The fourth-order valence-electron chi connectivity index (χ4n) is 3.03. The van der Waals surface area contributed by atoms with Gasteiger partial charge in [-0.05, 0) is 23.6 Å². The predicted octanol–water partition coefficient (Wildman–Crippen LogP) is 4.25. The maximum absolute atomic E-state index is 12.4. The zero-order valence-corrected chi connectivity index (χ0v) is 13.4. The Morgan fingerprint density at radius 1 is 1.25 bits per heavy atom. The summed E-state index contributed by atoms with van der Waals surface area (Å²) in [5.41, 5.74) is 2.97. The van der Waals surface area contributed by atoms with Crippen molar-refractivity contribution in [1.29, 1.82) is 0 Å². The van der Waals surface area contributed by atoms with E-state index in [-0.39, 0.29) is 23.1 Å². The molecule has 0 heterocycles. The van der Waals surface area contributed by atoms with Crippen LogP contribution in [0.15, 0.2) is 42.0 Å². The highest BCUT2D eigenvalue weighted by molar-refractivity contribution is 6.16. The van der Waals surface area contributed by atoms with Crippen molar-refractivity contribution in [2.45, 2.75) is 26.2 Å². The van der Waals surface area contributed by atoms with Crippen molar-refractivity contribution in [3.05, 3.63) is 74.3 Å². The smallest absolute Gasteiger partial charge is 0.273 e. The number of Topliss-reactive ketones (excluding diaryl/α,β-unsaturated/α-hetero) is 1. The number of hydrogen-bond donors (Lipinski definition) is 1. The molecule has 0 atom stereocenters. The third kappa shape index (κ3) is 2.69. The summed E-state index contributed by atoms with van der Waals surface area (Å²) in [6, 6.07) is 9.89. The summed E-state index contributed by atoms with van der Waals surface area (Å²) >= 11 is 0. The Balaban J connectivity index is 2.02. The van der Waals surface area contributed by atoms with Gasteiger partial charge in [-0.3, -0.25) is 14.9 Å². The quantitative estimate of drug-likeness (QED) is 0.520. The first-order valence-corrected chi connectivity index (χ1v) is 7.73. The maximum atomic E-state index is 12.4. The SMILES string of the molecule is CC(C)c1ccc(C=C2Cc3c(O)cccc3C2=O)cc1[N+](=O)[O-]. The number of rotatable bonds is 3. The van der Waals surface area contributed by atoms with E-state index in [1.54, 1.807) is 36.4 Å². The molecule has 0 amide bonds. The number of allylic oxidation sites excluding steroid dienone is 1. The van der Waals surface area contributed by atoms with Crippen LogP contribution in [0.5, 0.6) is 5.75 Å². The second-order valence-electron chi connectivity index (χ2n) is 6.21. The number of benzene rings is 2. The van der Waals surface area contributed by atoms with Crippen LogP contribution in [0.2, 0.25) is 0 Å². The van der Waals surface area contributed by atoms with E-state index in [0.29, 0.717) is 34.2 Å². The molecule has 3 rings (SSSR count). The zero-order chi connectivity index (χ0) is 17.4. The lowest BCUT2D eigenvalue weighted by molar-refractivity contribution is -0.385. The van der Waals surface area contributed by atoms with Gasteiger partial charge in [0.15, 0.2) is 5.78 Å². The highest BCUT2D eigenvalue weighted by atomic mass is 16.6. The largest absolute Gasteiger partial charge is 0.508 e. The molecule has 0 aliphatic heterocycles. The Hall–Kier alpha value is -2.95. The Labute approximate surface area is 139 Å². The summed E-state index contributed by atoms with van der Waals surface area (Å²) in [5, 5.41) is 21.2. The average molecular weight is 323 g/mol. The lowest BCUT2D eigenvalue weighted by atomic mass is 9.98. The minimum atomic E-state index is -0.394. The van der Waals surface area contributed by atoms with Crippen molar-refractivity contribution >= 4 is 17.5 Å². The minimum absolute atomic E-state index is 0.0430. The number of ketones is 1. The molecule has 0 bridgehead atoms. The summed E-state index contributed by atoms with van der Waals surface area (Å²) in [4.78, 5) is 23.3. The van der Waals surface area contributed by atoms with Gasteiger partial charge in [0.05, 0.1) is 4.92 Å². The van der Waals surface area contributed by atoms with E-state index >= 15 is 0 Å². The van der Waals surface area contributed by atoms with Crippen molar-refractivity contribution < 1.29 is 14.8 Å². The van der Waals surface area contributed by atoms with Gasteiger partial charge in [-0.25, -0.2) is 0 Å². The highest BCUT2D eigenvalue weighted by Crippen LogP contribution is 2.34. The highest BCUT2D eigenvalue weighted by Gasteiger charge is 2.27. The molecular weight excluding hydrogens is 306 g/mol. The third-order valence-corrected chi connectivity index (χ3v) is 4.27. The molecule has 1 aliphatic carbocycles. The normalized spacial score (nSPS) is 15.1. The third-order valence-electron chi connectivity index (χ3n) is 4.27. The van der Waals surface area contributed by atoms with Gasteiger partial charge in [-0.2, -0.15) is 0 Å². The molecule has 0 radical (unpaired) electrons. The van der Waals surface area contributed by atoms with Crippen molar-refractivity contribution in [3.8, 4) is 5.75 Å². The van der Waals surface area contributed by atoms with E-state index < -0.39 is 4.92 Å². The van der Waals surface area contributed by atoms with Crippen LogP contribution >= 0.6 is 0 Å². The van der Waals surface area contributed by atoms with Gasteiger partial charge in [0.1, 0.15) is 5.75 Å². The van der Waals surface area contributed by atoms with Crippen molar-refractivity contribution in [1.82, 2.24) is 0 Å². The molecule has 0 saturated carbocycles. The Morgan fingerprint density at radius 3 is 2.62 bits per heavy atom. The van der Waals surface area contributed by atoms with Gasteiger partial charge in [0.2, 0.25) is 0 Å². The second-order valence-corrected chi connectivity index (χ2v) is 6.21. The molecule has 0 saturated heterocycles. The van der Waals surface area contributed by atoms with Crippen LogP contribution in [0.25, 0.3) is 6.08 Å². The lowest BCUT2D eigenvalue weighted by Crippen LogP contribution is -1.99. The molecule has 5 nitrogen and oxygen atoms in total. The number of nitro benzene ring substituents is 1. The van der Waals surface area contributed by atoms with E-state index in [2.05, 4.69) is 0 Å². The van der Waals surface area contributed by atoms with Crippen molar-refractivity contribution in [2.24, 2.45) is 0 Å². The summed E-state index contributed by atoms with van der Waals surface area (Å²) in [5.74, 6) is 0.00305. The van der Waals surface area contributed by atoms with E-state index in [1.807, 2.05) is 13.8 Å². The van der Waals surface area contributed by atoms with Crippen LogP contribution in [0.1, 0.15) is 46.8 Å². The van der Waals surface area contributed by atoms with Gasteiger partial charge < -0.3 is 5.11 Å². The number of hydrogen-bond acceptors (Lipinski definition) is 4. The van der Waals surface area contributed by atoms with E-state index in [4.69, 9.17) is 0 Å². The van der Waals surface area contributed by atoms with E-state index in [0.717, 1.165) is 0 Å². The summed E-state index contributed by atoms with van der Waals surface area (Å²) in [6.07, 6.45) is 2.00. The molecule has 2 aromatic rings. The molecule has 5 heteroatoms. The van der Waals surface area contributed by atoms with Crippen LogP contribution in [0, 0.1) is 10.1 Å². The Kier molecular flexibility index (Phi) is 3.93. The van der Waals surface area contributed by atoms with Crippen molar-refractivity contribution in [3.63, 3.8) is 0 Å². The first-order chi connectivity index (χ1) is 11.4. The number of carbonyl (C=O) groups excluding carboxylic acids is 1. The zero-order valence-electron chi connectivity index (χ0n) is 13.4. The van der Waals surface area contributed by atoms with Crippen LogP contribution < -0.4 is 0 Å². The first-order valence-electron chi connectivity index (χ1n) is 7.73. The number of phenolic OH excluding ortho intramolecular Hbond substituents is 1. The second kappa shape index (κ2) is 5.92. The van der Waals surface area contributed by atoms with Crippen LogP contribution in [-0.2, 0) is 6.42 Å². The van der Waals surface area contributed by atoms with E-state index in [1.165, 1.54) is 6.07 Å². The van der Waals surface area contributed by atoms with Gasteiger partial charge >= 0.3 is 0 Å². The van der Waals surface area contributed by atoms with Gasteiger partial charge in [-0.1, -0.05) is 38.1 Å². The molecule has 122 valence electrons. The molecular formula is C19H17NO4. The van der Waals surface area contributed by atoms with E-state index in [9.17, 15) is 20.0 Å². The monoisotopic (exact) mass is 323 g/mol. The molecule has 0 fully saturated rings. The predicted molar refractivity (Wildman–Crippen MR) is 91.3 cm³/mol. The summed E-state index contributed by atoms with van der Waals surface area (Å²) in [6.45, 7) is 3.81. The maximum Gasteiger partial charge on any atom is 0.273 e. The van der Waals surface area contributed by atoms with Gasteiger partial charge in [-0.15, -0.1) is 0 Å². The number of carbonyl (C=O) groups is 1. The molecule has 0 spiro atoms. The Bertz CT molecular complexity index is 881. The minimum Gasteiger partial charge on any atom is -0.508 e. The number of phenols is 1. The first kappa shape index (κ1) is 15.9. The fourth-order valence-corrected chi connectivity index (χ4v) is 3.03. The van der Waals surface area contributed by atoms with Gasteiger partial charge in [0, 0.05) is 34.8 Å². The molecule has 0 unspecified atom stereocenters. The molecule has 2 aromatic carbocycles. The molecule has 24 heavy (non-hydrogen) atoms. The average Bonchev–Trinajstić information content (AvgIpc) is 2.85. The Morgan fingerprint density at radius 2 is 2.00 bits per heavy atom. The number of nitro groups is 1. The van der Waals surface area contributed by atoms with Crippen LogP contribution in [0.4, 0.5) is 5.69 Å².